The summed E-state index contributed by atoms with van der Waals surface area (Å²) in [6.45, 7) is -0.0282. The van der Waals surface area contributed by atoms with Gasteiger partial charge >= 0.3 is 0 Å². The van der Waals surface area contributed by atoms with Crippen LogP contribution in [0.4, 0.5) is 0 Å². The van der Waals surface area contributed by atoms with Crippen LogP contribution in [0.1, 0.15) is 18.1 Å². The molecule has 0 aliphatic carbocycles. The molecule has 14 heavy (non-hydrogen) atoms. The Morgan fingerprint density at radius 2 is 2.21 bits per heavy atom. The summed E-state index contributed by atoms with van der Waals surface area (Å²) in [7, 11) is 1.57. The molecule has 0 amide bonds. The summed E-state index contributed by atoms with van der Waals surface area (Å²) >= 11 is 3.32. The monoisotopic (exact) mass is 260 g/mol. The van der Waals surface area contributed by atoms with E-state index in [1.54, 1.807) is 19.2 Å². The zero-order valence-electron chi connectivity index (χ0n) is 7.90. The average molecular weight is 261 g/mol. The van der Waals surface area contributed by atoms with Gasteiger partial charge in [0.2, 0.25) is 0 Å². The molecule has 1 atom stereocenters. The van der Waals surface area contributed by atoms with Crippen LogP contribution in [0.15, 0.2) is 22.7 Å². The van der Waals surface area contributed by atoms with E-state index in [0.717, 1.165) is 10.0 Å². The molecule has 2 N–H and O–H groups in total. The fourth-order valence-corrected chi connectivity index (χ4v) is 1.58. The van der Waals surface area contributed by atoms with E-state index >= 15 is 0 Å². The third-order valence-corrected chi connectivity index (χ3v) is 2.62. The Kier molecular flexibility index (Phi) is 4.38. The summed E-state index contributed by atoms with van der Waals surface area (Å²) in [5, 5.41) is 18.3. The predicted molar refractivity (Wildman–Crippen MR) is 57.4 cm³/mol. The zero-order chi connectivity index (χ0) is 10.6. The standard InChI is InChI=1S/C10H13BrO3/c1-14-10-6-7(2-3-8(10)11)9(13)4-5-12/h2-3,6,9,12-13H,4-5H2,1H3. The van der Waals surface area contributed by atoms with Gasteiger partial charge in [0.25, 0.3) is 0 Å². The first kappa shape index (κ1) is 11.5. The zero-order valence-corrected chi connectivity index (χ0v) is 9.49. The first-order valence-corrected chi connectivity index (χ1v) is 5.10. The molecule has 0 spiro atoms. The molecule has 0 radical (unpaired) electrons. The molecule has 3 nitrogen and oxygen atoms in total. The molecule has 0 fully saturated rings. The molecule has 1 aromatic rings. The Bertz CT molecular complexity index is 301. The molecule has 0 saturated carbocycles. The minimum absolute atomic E-state index is 0.0282. The normalized spacial score (nSPS) is 12.6. The highest BCUT2D eigenvalue weighted by Crippen LogP contribution is 2.28. The van der Waals surface area contributed by atoms with Crippen molar-refractivity contribution in [1.82, 2.24) is 0 Å². The van der Waals surface area contributed by atoms with Gasteiger partial charge < -0.3 is 14.9 Å². The number of ether oxygens (including phenoxy) is 1. The predicted octanol–water partition coefficient (Wildman–Crippen LogP) is 1.87. The highest BCUT2D eigenvalue weighted by molar-refractivity contribution is 9.10. The second-order valence-corrected chi connectivity index (χ2v) is 3.78. The van der Waals surface area contributed by atoms with Gasteiger partial charge in [0.15, 0.2) is 0 Å². The van der Waals surface area contributed by atoms with Crippen LogP contribution in [0.25, 0.3) is 0 Å². The summed E-state index contributed by atoms with van der Waals surface area (Å²) in [6, 6.07) is 5.37. The van der Waals surface area contributed by atoms with Gasteiger partial charge in [-0.2, -0.15) is 0 Å². The molecule has 0 bridgehead atoms. The van der Waals surface area contributed by atoms with Gasteiger partial charge in [-0.15, -0.1) is 0 Å². The number of rotatable bonds is 4. The highest BCUT2D eigenvalue weighted by atomic mass is 79.9. The van der Waals surface area contributed by atoms with Crippen LogP contribution in [-0.4, -0.2) is 23.9 Å². The lowest BCUT2D eigenvalue weighted by Crippen LogP contribution is -2.00. The van der Waals surface area contributed by atoms with Crippen LogP contribution >= 0.6 is 15.9 Å². The van der Waals surface area contributed by atoms with E-state index in [1.807, 2.05) is 6.07 Å². The van der Waals surface area contributed by atoms with Crippen LogP contribution < -0.4 is 4.74 Å². The van der Waals surface area contributed by atoms with Crippen molar-refractivity contribution >= 4 is 15.9 Å². The Labute approximate surface area is 91.5 Å². The highest BCUT2D eigenvalue weighted by Gasteiger charge is 2.09. The molecule has 0 heterocycles. The Balaban J connectivity index is 2.88. The molecule has 0 aromatic heterocycles. The van der Waals surface area contributed by atoms with E-state index in [0.29, 0.717) is 12.2 Å². The van der Waals surface area contributed by atoms with E-state index in [9.17, 15) is 5.11 Å². The fourth-order valence-electron chi connectivity index (χ4n) is 1.17. The van der Waals surface area contributed by atoms with Crippen LogP contribution in [0.2, 0.25) is 0 Å². The number of hydrogen-bond donors (Lipinski definition) is 2. The van der Waals surface area contributed by atoms with Gasteiger partial charge in [-0.1, -0.05) is 6.07 Å². The summed E-state index contributed by atoms with van der Waals surface area (Å²) < 4.78 is 5.94. The molecule has 78 valence electrons. The first-order valence-electron chi connectivity index (χ1n) is 4.31. The summed E-state index contributed by atoms with van der Waals surface area (Å²) in [4.78, 5) is 0. The van der Waals surface area contributed by atoms with Crippen molar-refractivity contribution in [2.45, 2.75) is 12.5 Å². The van der Waals surface area contributed by atoms with Crippen molar-refractivity contribution in [3.05, 3.63) is 28.2 Å². The Hall–Kier alpha value is -0.580. The van der Waals surface area contributed by atoms with Crippen molar-refractivity contribution in [3.8, 4) is 5.75 Å². The lowest BCUT2D eigenvalue weighted by atomic mass is 10.1. The van der Waals surface area contributed by atoms with Gasteiger partial charge in [-0.05, 0) is 33.6 Å². The molecule has 1 rings (SSSR count). The van der Waals surface area contributed by atoms with E-state index in [1.165, 1.54) is 0 Å². The van der Waals surface area contributed by atoms with Crippen LogP contribution in [0, 0.1) is 0 Å². The molecule has 0 saturated heterocycles. The minimum atomic E-state index is -0.637. The maximum Gasteiger partial charge on any atom is 0.133 e. The van der Waals surface area contributed by atoms with Crippen LogP contribution in [0.5, 0.6) is 5.75 Å². The van der Waals surface area contributed by atoms with Gasteiger partial charge in [0, 0.05) is 13.0 Å². The van der Waals surface area contributed by atoms with Crippen molar-refractivity contribution in [2.75, 3.05) is 13.7 Å². The number of benzene rings is 1. The maximum absolute atomic E-state index is 9.60. The SMILES string of the molecule is COc1cc(C(O)CCO)ccc1Br. The second-order valence-electron chi connectivity index (χ2n) is 2.92. The number of hydrogen-bond acceptors (Lipinski definition) is 3. The maximum atomic E-state index is 9.60. The van der Waals surface area contributed by atoms with E-state index in [-0.39, 0.29) is 6.61 Å². The van der Waals surface area contributed by atoms with Crippen molar-refractivity contribution < 1.29 is 14.9 Å². The molecule has 0 aliphatic rings. The summed E-state index contributed by atoms with van der Waals surface area (Å²) in [5.74, 6) is 0.680. The lowest BCUT2D eigenvalue weighted by Gasteiger charge is -2.11. The molecule has 4 heteroatoms. The Morgan fingerprint density at radius 3 is 2.79 bits per heavy atom. The smallest absolute Gasteiger partial charge is 0.133 e. The topological polar surface area (TPSA) is 49.7 Å². The van der Waals surface area contributed by atoms with Crippen LogP contribution in [-0.2, 0) is 0 Å². The molecule has 1 unspecified atom stereocenters. The first-order chi connectivity index (χ1) is 6.69. The molecular formula is C10H13BrO3. The minimum Gasteiger partial charge on any atom is -0.496 e. The molecular weight excluding hydrogens is 248 g/mol. The van der Waals surface area contributed by atoms with Gasteiger partial charge in [0.1, 0.15) is 5.75 Å². The number of aliphatic hydroxyl groups is 2. The van der Waals surface area contributed by atoms with E-state index in [2.05, 4.69) is 15.9 Å². The van der Waals surface area contributed by atoms with E-state index < -0.39 is 6.10 Å². The Morgan fingerprint density at radius 1 is 1.50 bits per heavy atom. The third kappa shape index (κ3) is 2.70. The fraction of sp³-hybridized carbons (Fsp3) is 0.400. The average Bonchev–Trinajstić information content (AvgIpc) is 2.19. The van der Waals surface area contributed by atoms with Crippen molar-refractivity contribution in [2.24, 2.45) is 0 Å². The number of aliphatic hydroxyl groups excluding tert-OH is 2. The van der Waals surface area contributed by atoms with Crippen molar-refractivity contribution in [3.63, 3.8) is 0 Å². The number of halogens is 1. The van der Waals surface area contributed by atoms with Gasteiger partial charge in [-0.25, -0.2) is 0 Å². The number of methoxy groups -OCH3 is 1. The summed E-state index contributed by atoms with van der Waals surface area (Å²) in [5.41, 5.74) is 0.749. The third-order valence-electron chi connectivity index (χ3n) is 1.96. The molecule has 1 aromatic carbocycles. The van der Waals surface area contributed by atoms with Crippen molar-refractivity contribution in [1.29, 1.82) is 0 Å². The molecule has 0 aliphatic heterocycles. The van der Waals surface area contributed by atoms with Gasteiger partial charge in [0.05, 0.1) is 17.7 Å². The lowest BCUT2D eigenvalue weighted by molar-refractivity contribution is 0.134. The van der Waals surface area contributed by atoms with E-state index in [4.69, 9.17) is 9.84 Å². The quantitative estimate of drug-likeness (QED) is 0.869. The van der Waals surface area contributed by atoms with Gasteiger partial charge in [-0.3, -0.25) is 0 Å². The summed E-state index contributed by atoms with van der Waals surface area (Å²) in [6.07, 6.45) is -0.299. The second kappa shape index (κ2) is 5.34. The largest absolute Gasteiger partial charge is 0.496 e. The van der Waals surface area contributed by atoms with Crippen LogP contribution in [0.3, 0.4) is 0 Å².